The van der Waals surface area contributed by atoms with E-state index in [-0.39, 0.29) is 0 Å². The zero-order valence-electron chi connectivity index (χ0n) is 6.74. The maximum Gasteiger partial charge on any atom is 0.289 e. The van der Waals surface area contributed by atoms with Crippen LogP contribution in [0, 0.1) is 6.92 Å². The van der Waals surface area contributed by atoms with Crippen molar-refractivity contribution in [3.05, 3.63) is 17.5 Å². The van der Waals surface area contributed by atoms with Crippen molar-refractivity contribution in [1.29, 1.82) is 0 Å². The second-order valence-corrected chi connectivity index (χ2v) is 2.46. The van der Waals surface area contributed by atoms with Crippen LogP contribution in [0.4, 0.5) is 0 Å². The van der Waals surface area contributed by atoms with Crippen LogP contribution in [0.5, 0.6) is 0 Å². The maximum atomic E-state index is 11.1. The Hall–Kier alpha value is -1.32. The van der Waals surface area contributed by atoms with Gasteiger partial charge in [0.2, 0.25) is 0 Å². The summed E-state index contributed by atoms with van der Waals surface area (Å²) in [5.74, 6) is -0.393. The van der Waals surface area contributed by atoms with E-state index in [2.05, 4.69) is 22.3 Å². The molecule has 0 aliphatic heterocycles. The van der Waals surface area contributed by atoms with Gasteiger partial charge in [-0.05, 0) is 19.1 Å². The van der Waals surface area contributed by atoms with Gasteiger partial charge in [-0.2, -0.15) is 10.1 Å². The van der Waals surface area contributed by atoms with Crippen molar-refractivity contribution in [2.75, 3.05) is 0 Å². The van der Waals surface area contributed by atoms with Crippen LogP contribution in [0.1, 0.15) is 16.1 Å². The van der Waals surface area contributed by atoms with Gasteiger partial charge in [-0.25, -0.2) is 0 Å². The van der Waals surface area contributed by atoms with Crippen LogP contribution in [-0.2, 0) is 7.05 Å². The summed E-state index contributed by atoms with van der Waals surface area (Å²) in [5.41, 5.74) is 1.24. The molecule has 5 heteroatoms. The van der Waals surface area contributed by atoms with Gasteiger partial charge in [0, 0.05) is 12.7 Å². The number of thiocarbonyl (C=S) groups is 1. The molecular formula is C7H7N3OS. The molecule has 62 valence electrons. The maximum absolute atomic E-state index is 11.1. The van der Waals surface area contributed by atoms with Gasteiger partial charge in [0.1, 0.15) is 0 Å². The predicted molar refractivity (Wildman–Crippen MR) is 47.3 cm³/mol. The van der Waals surface area contributed by atoms with E-state index in [1.165, 1.54) is 6.20 Å². The van der Waals surface area contributed by atoms with Crippen LogP contribution >= 0.6 is 12.2 Å². The molecule has 0 aromatic carbocycles. The summed E-state index contributed by atoms with van der Waals surface area (Å²) in [4.78, 5) is 14.5. The molecule has 0 N–H and O–H groups in total. The number of hydrogen-bond donors (Lipinski definition) is 0. The van der Waals surface area contributed by atoms with E-state index in [9.17, 15) is 4.79 Å². The second kappa shape index (κ2) is 3.38. The minimum absolute atomic E-state index is 0.393. The Morgan fingerprint density at radius 3 is 2.92 bits per heavy atom. The number of hydrogen-bond acceptors (Lipinski definition) is 3. The normalized spacial score (nSPS) is 9.17. The molecule has 0 aliphatic rings. The number of aryl methyl sites for hydroxylation is 1. The van der Waals surface area contributed by atoms with E-state index in [4.69, 9.17) is 0 Å². The minimum atomic E-state index is -0.393. The van der Waals surface area contributed by atoms with Crippen molar-refractivity contribution >= 4 is 23.3 Å². The van der Waals surface area contributed by atoms with E-state index >= 15 is 0 Å². The molecule has 0 spiro atoms. The summed E-state index contributed by atoms with van der Waals surface area (Å²) in [5, 5.41) is 5.92. The quantitative estimate of drug-likeness (QED) is 0.479. The Morgan fingerprint density at radius 1 is 1.83 bits per heavy atom. The first-order valence-electron chi connectivity index (χ1n) is 3.27. The summed E-state index contributed by atoms with van der Waals surface area (Å²) < 4.78 is 1.60. The van der Waals surface area contributed by atoms with Gasteiger partial charge in [0.05, 0.1) is 16.9 Å². The van der Waals surface area contributed by atoms with Crippen LogP contribution < -0.4 is 0 Å². The minimum Gasteiger partial charge on any atom is -0.272 e. The Balaban J connectivity index is 3.11. The predicted octanol–water partition coefficient (Wildman–Crippen LogP) is 0.972. The molecule has 0 aliphatic carbocycles. The molecule has 0 atom stereocenters. The first-order valence-corrected chi connectivity index (χ1v) is 3.68. The van der Waals surface area contributed by atoms with E-state index in [1.54, 1.807) is 18.7 Å². The fourth-order valence-corrected chi connectivity index (χ4v) is 0.893. The fraction of sp³-hybridized carbons (Fsp3) is 0.286. The molecule has 1 amide bonds. The van der Waals surface area contributed by atoms with Crippen molar-refractivity contribution in [2.45, 2.75) is 6.92 Å². The Labute approximate surface area is 74.9 Å². The van der Waals surface area contributed by atoms with Crippen molar-refractivity contribution in [3.63, 3.8) is 0 Å². The highest BCUT2D eigenvalue weighted by Gasteiger charge is 2.10. The molecule has 0 saturated carbocycles. The molecule has 4 nitrogen and oxygen atoms in total. The monoisotopic (exact) mass is 181 g/mol. The third-order valence-electron chi connectivity index (χ3n) is 1.61. The van der Waals surface area contributed by atoms with Gasteiger partial charge >= 0.3 is 0 Å². The summed E-state index contributed by atoms with van der Waals surface area (Å²) in [6, 6.07) is 0. The first kappa shape index (κ1) is 8.77. The molecule has 0 bridgehead atoms. The lowest BCUT2D eigenvalue weighted by atomic mass is 10.2. The molecule has 0 radical (unpaired) electrons. The molecule has 1 heterocycles. The van der Waals surface area contributed by atoms with E-state index in [0.29, 0.717) is 5.56 Å². The number of amides is 1. The van der Waals surface area contributed by atoms with Crippen LogP contribution in [0.3, 0.4) is 0 Å². The molecule has 1 rings (SSSR count). The lowest BCUT2D eigenvalue weighted by Crippen LogP contribution is -1.98. The highest BCUT2D eigenvalue weighted by molar-refractivity contribution is 7.78. The SMILES string of the molecule is Cc1c(C(=O)N=C=S)cnn1C. The highest BCUT2D eigenvalue weighted by atomic mass is 32.1. The molecule has 1 aromatic heterocycles. The molecule has 12 heavy (non-hydrogen) atoms. The van der Waals surface area contributed by atoms with Crippen LogP contribution in [0.15, 0.2) is 11.2 Å². The Bertz CT molecular complexity index is 363. The largest absolute Gasteiger partial charge is 0.289 e. The number of carbonyl (C=O) groups excluding carboxylic acids is 1. The third-order valence-corrected chi connectivity index (χ3v) is 1.70. The highest BCUT2D eigenvalue weighted by Crippen LogP contribution is 2.06. The van der Waals surface area contributed by atoms with Crippen LogP contribution in [-0.4, -0.2) is 20.8 Å². The first-order chi connectivity index (χ1) is 5.66. The van der Waals surface area contributed by atoms with Gasteiger partial charge < -0.3 is 0 Å². The smallest absolute Gasteiger partial charge is 0.272 e. The third kappa shape index (κ3) is 1.47. The molecule has 1 aromatic rings. The number of isothiocyanates is 1. The van der Waals surface area contributed by atoms with E-state index in [0.717, 1.165) is 5.69 Å². The van der Waals surface area contributed by atoms with Gasteiger partial charge in [-0.15, -0.1) is 0 Å². The average molecular weight is 181 g/mol. The van der Waals surface area contributed by atoms with Crippen molar-refractivity contribution in [1.82, 2.24) is 9.78 Å². The van der Waals surface area contributed by atoms with Crippen molar-refractivity contribution < 1.29 is 4.79 Å². The van der Waals surface area contributed by atoms with E-state index < -0.39 is 5.91 Å². The standard InChI is InChI=1S/C7H7N3OS/c1-5-6(3-9-10(5)2)7(11)8-4-12/h3H,1-2H3. The number of nitrogens with zero attached hydrogens (tertiary/aromatic N) is 3. The summed E-state index contributed by atoms with van der Waals surface area (Å²) in [6.07, 6.45) is 1.47. The fourth-order valence-electron chi connectivity index (χ4n) is 0.810. The lowest BCUT2D eigenvalue weighted by molar-refractivity contribution is 0.100. The summed E-state index contributed by atoms with van der Waals surface area (Å²) in [7, 11) is 1.76. The van der Waals surface area contributed by atoms with E-state index in [1.807, 2.05) is 5.16 Å². The topological polar surface area (TPSA) is 47.2 Å². The van der Waals surface area contributed by atoms with Gasteiger partial charge in [0.15, 0.2) is 0 Å². The molecule has 0 fully saturated rings. The Morgan fingerprint density at radius 2 is 2.50 bits per heavy atom. The second-order valence-electron chi connectivity index (χ2n) is 2.28. The molecule has 0 unspecified atom stereocenters. The van der Waals surface area contributed by atoms with Gasteiger partial charge in [0.25, 0.3) is 5.91 Å². The van der Waals surface area contributed by atoms with Crippen LogP contribution in [0.2, 0.25) is 0 Å². The molecule has 0 saturated heterocycles. The Kier molecular flexibility index (Phi) is 2.47. The number of aromatic nitrogens is 2. The van der Waals surface area contributed by atoms with Gasteiger partial charge in [-0.3, -0.25) is 9.48 Å². The summed E-state index contributed by atoms with van der Waals surface area (Å²) in [6.45, 7) is 1.79. The lowest BCUT2D eigenvalue weighted by Gasteiger charge is -1.93. The number of rotatable bonds is 1. The molecular weight excluding hydrogens is 174 g/mol. The zero-order valence-corrected chi connectivity index (χ0v) is 7.55. The van der Waals surface area contributed by atoms with Gasteiger partial charge in [-0.1, -0.05) is 0 Å². The zero-order chi connectivity index (χ0) is 9.14. The average Bonchev–Trinajstić information content (AvgIpc) is 2.34. The number of aliphatic imine (C=N–C) groups is 1. The van der Waals surface area contributed by atoms with Crippen LogP contribution in [0.25, 0.3) is 0 Å². The van der Waals surface area contributed by atoms with Crippen molar-refractivity contribution in [3.8, 4) is 0 Å². The summed E-state index contributed by atoms with van der Waals surface area (Å²) >= 11 is 4.31. The van der Waals surface area contributed by atoms with Crippen molar-refractivity contribution in [2.24, 2.45) is 12.0 Å². The number of carbonyl (C=O) groups is 1.